The normalized spacial score (nSPS) is 11.5. The maximum atomic E-state index is 2.19. The third-order valence-electron chi connectivity index (χ3n) is 0.295. The first-order chi connectivity index (χ1) is 2.91. The van der Waals surface area contributed by atoms with Crippen LogP contribution in [0, 0.1) is 0 Å². The van der Waals surface area contributed by atoms with Crippen molar-refractivity contribution in [2.24, 2.45) is 0 Å². The van der Waals surface area contributed by atoms with E-state index < -0.39 is 0 Å². The van der Waals surface area contributed by atoms with Gasteiger partial charge in [-0.25, -0.2) is 0 Å². The van der Waals surface area contributed by atoms with E-state index in [-0.39, 0.29) is 0 Å². The molecule has 0 amide bonds. The van der Waals surface area contributed by atoms with Gasteiger partial charge in [0.1, 0.15) is 0 Å². The van der Waals surface area contributed by atoms with Crippen LogP contribution in [0.3, 0.4) is 0 Å². The van der Waals surface area contributed by atoms with E-state index in [9.17, 15) is 0 Å². The van der Waals surface area contributed by atoms with E-state index in [1.54, 1.807) is 0 Å². The first kappa shape index (κ1) is 7.08. The topological polar surface area (TPSA) is 0 Å². The molecule has 0 N–H and O–H groups in total. The Morgan fingerprint density at radius 3 is 2.17 bits per heavy atom. The molecule has 0 spiro atoms. The van der Waals surface area contributed by atoms with Gasteiger partial charge in [0.2, 0.25) is 0 Å². The van der Waals surface area contributed by atoms with Crippen LogP contribution in [0.15, 0.2) is 20.1 Å². The predicted octanol–water partition coefficient (Wildman–Crippen LogP) is -2.26. The molecule has 0 aliphatic heterocycles. The minimum absolute atomic E-state index is 1.22. The van der Waals surface area contributed by atoms with E-state index in [4.69, 9.17) is 0 Å². The summed E-state index contributed by atoms with van der Waals surface area (Å²) >= 11 is 3.41. The first-order valence-electron chi connectivity index (χ1n) is 1.55. The molecule has 0 heterocycles. The van der Waals surface area contributed by atoms with Gasteiger partial charge in [0.05, 0.1) is 0 Å². The van der Waals surface area contributed by atoms with Gasteiger partial charge in [0.15, 0.2) is 0 Å². The molecule has 0 saturated heterocycles. The zero-order valence-corrected chi connectivity index (χ0v) is 8.72. The Morgan fingerprint density at radius 1 is 1.33 bits per heavy atom. The molecule has 2 heteroatoms. The molecule has 0 fully saturated rings. The van der Waals surface area contributed by atoms with Gasteiger partial charge < -0.3 is 0 Å². The second kappa shape index (κ2) is 6.08. The molecule has 0 aromatic rings. The van der Waals surface area contributed by atoms with Crippen LogP contribution in [0.2, 0.25) is 0 Å². The average Bonchev–Trinajstić information content (AvgIpc) is 1.61. The van der Waals surface area contributed by atoms with Crippen LogP contribution in [0.5, 0.6) is 0 Å². The molecular weight excluding hydrogens is 290 g/mol. The molecule has 0 bridgehead atoms. The number of rotatable bonds is 1. The predicted molar refractivity (Wildman–Crippen MR) is 24.0 cm³/mol. The number of hydrogen-bond acceptors (Lipinski definition) is 0. The van der Waals surface area contributed by atoms with Crippen LogP contribution < -0.4 is 22.6 Å². The van der Waals surface area contributed by atoms with E-state index in [1.807, 2.05) is 10.2 Å². The van der Waals surface area contributed by atoms with Gasteiger partial charge in [-0.15, -0.1) is 0 Å². The van der Waals surface area contributed by atoms with Crippen molar-refractivity contribution in [3.8, 4) is 0 Å². The molecule has 0 nitrogen and oxygen atoms in total. The SMILES string of the molecule is [In]/[CH]=C\C=C/[I-]. The van der Waals surface area contributed by atoms with Gasteiger partial charge in [-0.1, -0.05) is 0 Å². The summed E-state index contributed by atoms with van der Waals surface area (Å²) in [4.78, 5) is 0. The van der Waals surface area contributed by atoms with Crippen molar-refractivity contribution in [2.45, 2.75) is 0 Å². The molecule has 31 valence electrons. The van der Waals surface area contributed by atoms with Crippen LogP contribution >= 0.6 is 0 Å². The Morgan fingerprint density at radius 2 is 2.00 bits per heavy atom. The zero-order chi connectivity index (χ0) is 4.83. The molecule has 0 unspecified atom stereocenters. The fraction of sp³-hybridized carbons (Fsp3) is 0. The molecule has 0 aliphatic carbocycles. The van der Waals surface area contributed by atoms with Gasteiger partial charge in [0, 0.05) is 0 Å². The Hall–Kier alpha value is 1.08. The van der Waals surface area contributed by atoms with E-state index in [0.29, 0.717) is 0 Å². The number of halogens is 1. The summed E-state index contributed by atoms with van der Waals surface area (Å²) < 4.78 is 4.12. The summed E-state index contributed by atoms with van der Waals surface area (Å²) in [5.74, 6) is 0. The van der Waals surface area contributed by atoms with Crippen molar-refractivity contribution in [1.82, 2.24) is 0 Å². The zero-order valence-electron chi connectivity index (χ0n) is 3.26. The Kier molecular flexibility index (Phi) is 7.17. The van der Waals surface area contributed by atoms with Crippen LogP contribution in [0.1, 0.15) is 0 Å². The van der Waals surface area contributed by atoms with Crippen molar-refractivity contribution in [1.29, 1.82) is 0 Å². The van der Waals surface area contributed by atoms with E-state index in [0.717, 1.165) is 0 Å². The summed E-state index contributed by atoms with van der Waals surface area (Å²) in [5.41, 5.74) is 0. The van der Waals surface area contributed by atoms with Gasteiger partial charge in [-0.3, -0.25) is 0 Å². The van der Waals surface area contributed by atoms with Gasteiger partial charge in [0.25, 0.3) is 0 Å². The van der Waals surface area contributed by atoms with Crippen molar-refractivity contribution < 1.29 is 22.6 Å². The molecular formula is C4H4IIn-. The molecule has 0 rings (SSSR count). The fourth-order valence-electron chi connectivity index (χ4n) is 0.106. The molecule has 0 aliphatic rings. The number of allylic oxidation sites excluding steroid dienone is 2. The summed E-state index contributed by atoms with van der Waals surface area (Å²) in [7, 11) is 0. The summed E-state index contributed by atoms with van der Waals surface area (Å²) in [6.45, 7) is 0. The standard InChI is InChI=1S/C4H4I.In/c1-2-3-4-5;/h1-4H;/q-1;/b2-1?,4-3-;. The second-order valence-corrected chi connectivity index (χ2v) is 2.52. The van der Waals surface area contributed by atoms with Gasteiger partial charge >= 0.3 is 67.0 Å². The average molecular weight is 294 g/mol. The first-order valence-corrected chi connectivity index (χ1v) is 4.70. The van der Waals surface area contributed by atoms with Crippen LogP contribution in [-0.2, 0) is 0 Å². The fourth-order valence-corrected chi connectivity index (χ4v) is 0.712. The molecule has 6 heavy (non-hydrogen) atoms. The van der Waals surface area contributed by atoms with Crippen LogP contribution in [0.25, 0.3) is 0 Å². The molecule has 3 radical (unpaired) electrons. The van der Waals surface area contributed by atoms with Crippen molar-refractivity contribution in [3.05, 3.63) is 20.1 Å². The minimum atomic E-state index is 1.22. The van der Waals surface area contributed by atoms with E-state index >= 15 is 0 Å². The van der Waals surface area contributed by atoms with Crippen molar-refractivity contribution >= 4 is 24.4 Å². The monoisotopic (exact) mass is 294 g/mol. The summed E-state index contributed by atoms with van der Waals surface area (Å²) in [6.07, 6.45) is 4.07. The summed E-state index contributed by atoms with van der Waals surface area (Å²) in [5, 5.41) is 0. The van der Waals surface area contributed by atoms with Crippen LogP contribution in [-0.4, -0.2) is 24.4 Å². The molecule has 0 atom stereocenters. The second-order valence-electron chi connectivity index (χ2n) is 0.703. The molecule has 0 aromatic carbocycles. The Bertz CT molecular complexity index is 55.9. The quantitative estimate of drug-likeness (QED) is 0.378. The van der Waals surface area contributed by atoms with E-state index in [2.05, 4.69) is 32.5 Å². The Labute approximate surface area is 66.4 Å². The van der Waals surface area contributed by atoms with Crippen molar-refractivity contribution in [3.63, 3.8) is 0 Å². The van der Waals surface area contributed by atoms with Crippen molar-refractivity contribution in [2.75, 3.05) is 0 Å². The van der Waals surface area contributed by atoms with Crippen LogP contribution in [0.4, 0.5) is 0 Å². The maximum absolute atomic E-state index is 2.19. The number of hydrogen-bond donors (Lipinski definition) is 0. The molecule has 0 saturated carbocycles. The van der Waals surface area contributed by atoms with Gasteiger partial charge in [-0.05, 0) is 0 Å². The third kappa shape index (κ3) is 5.08. The Balaban J connectivity index is 3.07. The molecule has 0 aromatic heterocycles. The van der Waals surface area contributed by atoms with E-state index in [1.165, 1.54) is 24.4 Å². The third-order valence-corrected chi connectivity index (χ3v) is 1.34. The van der Waals surface area contributed by atoms with Gasteiger partial charge in [-0.2, -0.15) is 0 Å². The summed E-state index contributed by atoms with van der Waals surface area (Å²) in [6, 6.07) is 0.